The minimum Gasteiger partial charge on any atom is -0.489 e. The van der Waals surface area contributed by atoms with Crippen molar-refractivity contribution in [2.24, 2.45) is 0 Å². The van der Waals surface area contributed by atoms with Gasteiger partial charge in [-0.15, -0.1) is 0 Å². The van der Waals surface area contributed by atoms with Gasteiger partial charge in [-0.05, 0) is 78.4 Å². The number of hydrogen-bond acceptors (Lipinski definition) is 4. The number of ether oxygens (including phenoxy) is 1. The normalized spacial score (nSPS) is 15.7. The fourth-order valence-corrected chi connectivity index (χ4v) is 4.79. The topological polar surface area (TPSA) is 54.5 Å². The van der Waals surface area contributed by atoms with E-state index in [-0.39, 0.29) is 11.9 Å². The monoisotopic (exact) mass is 507 g/mol. The van der Waals surface area contributed by atoms with Crippen LogP contribution < -0.4 is 10.1 Å². The average molecular weight is 508 g/mol. The number of halogens is 2. The van der Waals surface area contributed by atoms with Crippen LogP contribution in [-0.4, -0.2) is 34.9 Å². The minimum atomic E-state index is 0.0637. The Morgan fingerprint density at radius 1 is 1.09 bits per heavy atom. The molecule has 5 nitrogen and oxygen atoms in total. The maximum absolute atomic E-state index is 13.9. The van der Waals surface area contributed by atoms with E-state index in [1.165, 1.54) is 0 Å². The lowest BCUT2D eigenvalue weighted by atomic mass is 9.93. The van der Waals surface area contributed by atoms with Crippen LogP contribution in [0.15, 0.2) is 72.6 Å². The van der Waals surface area contributed by atoms with Crippen molar-refractivity contribution in [1.82, 2.24) is 15.2 Å². The number of carbonyl (C=O) groups is 1. The molecule has 1 amide bonds. The van der Waals surface area contributed by atoms with E-state index >= 15 is 0 Å². The van der Waals surface area contributed by atoms with Crippen LogP contribution >= 0.6 is 23.2 Å². The Bertz CT molecular complexity index is 1240. The Balaban J connectivity index is 1.40. The molecule has 2 heterocycles. The predicted octanol–water partition coefficient (Wildman–Crippen LogP) is 5.91. The van der Waals surface area contributed by atoms with Crippen molar-refractivity contribution in [2.75, 3.05) is 13.1 Å². The molecule has 2 aliphatic rings. The van der Waals surface area contributed by atoms with Crippen LogP contribution in [0.2, 0.25) is 10.0 Å². The van der Waals surface area contributed by atoms with E-state index < -0.39 is 0 Å². The van der Waals surface area contributed by atoms with Gasteiger partial charge in [0.25, 0.3) is 5.91 Å². The van der Waals surface area contributed by atoms with E-state index in [2.05, 4.69) is 16.4 Å². The molecule has 1 N–H and O–H groups in total. The number of aromatic nitrogens is 1. The highest BCUT2D eigenvalue weighted by molar-refractivity contribution is 6.42. The molecule has 3 aromatic rings. The van der Waals surface area contributed by atoms with Gasteiger partial charge >= 0.3 is 0 Å². The van der Waals surface area contributed by atoms with E-state index in [4.69, 9.17) is 27.9 Å². The highest BCUT2D eigenvalue weighted by Crippen LogP contribution is 2.35. The first-order valence-corrected chi connectivity index (χ1v) is 12.6. The summed E-state index contributed by atoms with van der Waals surface area (Å²) in [7, 11) is 0. The standard InChI is InChI=1S/C28H27Cl2N3O2/c29-26-6-2-4-21(27(26)30)17-33(22-7-8-22)28(34)25-16-32-14-11-24(25)20-3-1-5-23(15-20)35-18-19-9-12-31-13-10-19/h1-6,9-10,12-13,15,22,32H,7-8,11,14,16-18H2. The van der Waals surface area contributed by atoms with Crippen LogP contribution in [0, 0.1) is 0 Å². The van der Waals surface area contributed by atoms with E-state index in [0.29, 0.717) is 29.7 Å². The number of carbonyl (C=O) groups excluding carboxylic acids is 1. The molecular formula is C28H27Cl2N3O2. The van der Waals surface area contributed by atoms with Crippen molar-refractivity contribution < 1.29 is 9.53 Å². The lowest BCUT2D eigenvalue weighted by Crippen LogP contribution is -2.39. The highest BCUT2D eigenvalue weighted by atomic mass is 35.5. The maximum Gasteiger partial charge on any atom is 0.251 e. The third-order valence-electron chi connectivity index (χ3n) is 6.43. The summed E-state index contributed by atoms with van der Waals surface area (Å²) < 4.78 is 6.03. The minimum absolute atomic E-state index is 0.0637. The number of nitrogens with one attached hydrogen (secondary N) is 1. The Morgan fingerprint density at radius 3 is 2.69 bits per heavy atom. The highest BCUT2D eigenvalue weighted by Gasteiger charge is 2.35. The lowest BCUT2D eigenvalue weighted by Gasteiger charge is -2.28. The van der Waals surface area contributed by atoms with Gasteiger partial charge in [-0.2, -0.15) is 0 Å². The molecule has 1 aromatic heterocycles. The zero-order chi connectivity index (χ0) is 24.2. The fraction of sp³-hybridized carbons (Fsp3) is 0.286. The van der Waals surface area contributed by atoms with Crippen molar-refractivity contribution in [3.63, 3.8) is 0 Å². The van der Waals surface area contributed by atoms with Gasteiger partial charge in [-0.25, -0.2) is 0 Å². The summed E-state index contributed by atoms with van der Waals surface area (Å²) in [6, 6.07) is 17.7. The van der Waals surface area contributed by atoms with Crippen LogP contribution in [-0.2, 0) is 17.9 Å². The van der Waals surface area contributed by atoms with Gasteiger partial charge in [0.2, 0.25) is 0 Å². The first kappa shape index (κ1) is 23.9. The van der Waals surface area contributed by atoms with E-state index in [9.17, 15) is 4.79 Å². The van der Waals surface area contributed by atoms with Crippen LogP contribution in [0.1, 0.15) is 36.0 Å². The summed E-state index contributed by atoms with van der Waals surface area (Å²) in [6.45, 7) is 2.30. The molecule has 180 valence electrons. The molecule has 1 aliphatic carbocycles. The van der Waals surface area contributed by atoms with Gasteiger partial charge < -0.3 is 15.0 Å². The Labute approximate surface area is 215 Å². The third-order valence-corrected chi connectivity index (χ3v) is 7.29. The Hall–Kier alpha value is -2.86. The first-order valence-electron chi connectivity index (χ1n) is 11.9. The van der Waals surface area contributed by atoms with Crippen LogP contribution in [0.25, 0.3) is 5.57 Å². The molecule has 2 aromatic carbocycles. The number of hydrogen-bond donors (Lipinski definition) is 1. The summed E-state index contributed by atoms with van der Waals surface area (Å²) in [6.07, 6.45) is 6.33. The largest absolute Gasteiger partial charge is 0.489 e. The van der Waals surface area contributed by atoms with Gasteiger partial charge in [-0.1, -0.05) is 47.5 Å². The number of rotatable bonds is 8. The summed E-state index contributed by atoms with van der Waals surface area (Å²) in [5.41, 5.74) is 4.84. The molecule has 0 unspecified atom stereocenters. The molecule has 0 bridgehead atoms. The summed E-state index contributed by atoms with van der Waals surface area (Å²) in [4.78, 5) is 19.9. The molecule has 0 spiro atoms. The second kappa shape index (κ2) is 10.8. The molecule has 0 saturated heterocycles. The molecule has 35 heavy (non-hydrogen) atoms. The summed E-state index contributed by atoms with van der Waals surface area (Å²) >= 11 is 12.7. The van der Waals surface area contributed by atoms with Gasteiger partial charge in [0, 0.05) is 37.1 Å². The van der Waals surface area contributed by atoms with Crippen LogP contribution in [0.4, 0.5) is 0 Å². The molecule has 7 heteroatoms. The van der Waals surface area contributed by atoms with Gasteiger partial charge in [0.15, 0.2) is 0 Å². The number of benzene rings is 2. The lowest BCUT2D eigenvalue weighted by molar-refractivity contribution is -0.128. The number of nitrogens with zero attached hydrogens (tertiary/aromatic N) is 2. The fourth-order valence-electron chi connectivity index (χ4n) is 4.41. The van der Waals surface area contributed by atoms with Crippen LogP contribution in [0.3, 0.4) is 0 Å². The van der Waals surface area contributed by atoms with E-state index in [0.717, 1.165) is 59.4 Å². The second-order valence-corrected chi connectivity index (χ2v) is 9.72. The van der Waals surface area contributed by atoms with Gasteiger partial charge in [0.05, 0.1) is 10.0 Å². The zero-order valence-electron chi connectivity index (χ0n) is 19.3. The maximum atomic E-state index is 13.9. The van der Waals surface area contributed by atoms with E-state index in [1.54, 1.807) is 18.5 Å². The van der Waals surface area contributed by atoms with Gasteiger partial charge in [-0.3, -0.25) is 9.78 Å². The molecule has 1 fully saturated rings. The second-order valence-electron chi connectivity index (χ2n) is 8.93. The number of pyridine rings is 1. The summed E-state index contributed by atoms with van der Waals surface area (Å²) in [5.74, 6) is 0.843. The average Bonchev–Trinajstić information content (AvgIpc) is 3.74. The van der Waals surface area contributed by atoms with E-state index in [1.807, 2.05) is 47.4 Å². The molecule has 5 rings (SSSR count). The molecule has 0 radical (unpaired) electrons. The zero-order valence-corrected chi connectivity index (χ0v) is 20.9. The van der Waals surface area contributed by atoms with Crippen molar-refractivity contribution in [2.45, 2.75) is 38.5 Å². The first-order chi connectivity index (χ1) is 17.1. The van der Waals surface area contributed by atoms with Crippen LogP contribution in [0.5, 0.6) is 5.75 Å². The SMILES string of the molecule is O=C(C1=C(c2cccc(OCc3ccncc3)c2)CCNC1)N(Cc1cccc(Cl)c1Cl)C1CC1. The number of amides is 1. The summed E-state index contributed by atoms with van der Waals surface area (Å²) in [5, 5.41) is 4.41. The molecular weight excluding hydrogens is 481 g/mol. The van der Waals surface area contributed by atoms with Gasteiger partial charge in [0.1, 0.15) is 12.4 Å². The molecule has 0 atom stereocenters. The van der Waals surface area contributed by atoms with Crippen molar-refractivity contribution >= 4 is 34.7 Å². The van der Waals surface area contributed by atoms with Crippen molar-refractivity contribution in [3.8, 4) is 5.75 Å². The quantitative estimate of drug-likeness (QED) is 0.412. The predicted molar refractivity (Wildman–Crippen MR) is 139 cm³/mol. The third kappa shape index (κ3) is 5.69. The smallest absolute Gasteiger partial charge is 0.251 e. The Morgan fingerprint density at radius 2 is 1.89 bits per heavy atom. The molecule has 1 aliphatic heterocycles. The van der Waals surface area contributed by atoms with Crippen molar-refractivity contribution in [3.05, 3.63) is 99.3 Å². The van der Waals surface area contributed by atoms with Crippen molar-refractivity contribution in [1.29, 1.82) is 0 Å². The molecule has 1 saturated carbocycles. The Kier molecular flexibility index (Phi) is 7.37.